The van der Waals surface area contributed by atoms with Crippen molar-refractivity contribution in [1.82, 2.24) is 0 Å². The van der Waals surface area contributed by atoms with E-state index in [0.717, 1.165) is 21.5 Å². The zero-order valence-corrected chi connectivity index (χ0v) is 27.4. The lowest BCUT2D eigenvalue weighted by Crippen LogP contribution is -2.61. The Kier molecular flexibility index (Phi) is 6.78. The van der Waals surface area contributed by atoms with Crippen molar-refractivity contribution in [1.29, 1.82) is 0 Å². The Morgan fingerprint density at radius 3 is 2.28 bits per heavy atom. The van der Waals surface area contributed by atoms with Crippen LogP contribution in [0.25, 0.3) is 0 Å². The summed E-state index contributed by atoms with van der Waals surface area (Å²) in [6.45, 7) is 0. The summed E-state index contributed by atoms with van der Waals surface area (Å²) in [6.07, 6.45) is 3.55. The van der Waals surface area contributed by atoms with Crippen molar-refractivity contribution in [3.63, 3.8) is 0 Å². The Morgan fingerprint density at radius 2 is 1.55 bits per heavy atom. The number of fused-ring (bicyclic) bond motifs is 5. The number of alkyl halides is 2. The Morgan fingerprint density at radius 1 is 0.872 bits per heavy atom. The third-order valence-corrected chi connectivity index (χ3v) is 12.1. The number of hydrogen-bond acceptors (Lipinski definition) is 6. The number of phenols is 1. The van der Waals surface area contributed by atoms with Gasteiger partial charge in [0.05, 0.1) is 29.5 Å². The first-order valence-corrected chi connectivity index (χ1v) is 16.5. The average molecular weight is 738 g/mol. The van der Waals surface area contributed by atoms with Crippen molar-refractivity contribution in [3.05, 3.63) is 106 Å². The molecule has 3 aliphatic heterocycles. The summed E-state index contributed by atoms with van der Waals surface area (Å²) in [5, 5.41) is 10.2. The molecule has 1 N–H and O–H groups in total. The average Bonchev–Trinajstić information content (AvgIpc) is 3.39. The van der Waals surface area contributed by atoms with E-state index in [0.29, 0.717) is 28.1 Å². The van der Waals surface area contributed by atoms with Gasteiger partial charge in [-0.1, -0.05) is 27.6 Å². The molecule has 3 heterocycles. The first-order chi connectivity index (χ1) is 22.4. The van der Waals surface area contributed by atoms with E-state index in [1.807, 2.05) is 6.08 Å². The van der Waals surface area contributed by atoms with E-state index in [1.165, 1.54) is 29.4 Å². The van der Waals surface area contributed by atoms with Gasteiger partial charge in [-0.2, -0.15) is 0 Å². The van der Waals surface area contributed by atoms with Gasteiger partial charge < -0.3 is 9.84 Å². The van der Waals surface area contributed by atoms with E-state index in [-0.39, 0.29) is 36.6 Å². The van der Waals surface area contributed by atoms with Gasteiger partial charge in [0.2, 0.25) is 11.8 Å². The van der Waals surface area contributed by atoms with Crippen LogP contribution in [0.3, 0.4) is 0 Å². The molecule has 6 unspecified atom stereocenters. The third-order valence-electron chi connectivity index (χ3n) is 10.1. The van der Waals surface area contributed by atoms with Crippen LogP contribution < -0.4 is 14.5 Å². The van der Waals surface area contributed by atoms with Crippen LogP contribution >= 0.6 is 39.1 Å². The molecule has 3 aromatic rings. The van der Waals surface area contributed by atoms with Gasteiger partial charge in [0.15, 0.2) is 9.75 Å². The third kappa shape index (κ3) is 4.17. The van der Waals surface area contributed by atoms with Crippen LogP contribution in [0.4, 0.5) is 15.8 Å². The molecule has 1 saturated carbocycles. The van der Waals surface area contributed by atoms with Crippen LogP contribution in [0.2, 0.25) is 0 Å². The van der Waals surface area contributed by atoms with Gasteiger partial charge in [-0.3, -0.25) is 24.1 Å². The first kappa shape index (κ1) is 30.4. The Bertz CT molecular complexity index is 1980. The number of imide groups is 2. The minimum atomic E-state index is -2.07. The zero-order valence-electron chi connectivity index (χ0n) is 24.3. The predicted octanol–water partition coefficient (Wildman–Crippen LogP) is 6.41. The SMILES string of the molecule is O=C1C2CC=C3C(CC4(Cl)C(=O)N(c5ccc(F)cc5)C(=O)C4(Cl)C3C3=COc4ccc(O)cc4C3)C2C(=O)N1c1ccc(Br)cc1. The maximum atomic E-state index is 14.5. The van der Waals surface area contributed by atoms with Gasteiger partial charge in [-0.15, -0.1) is 23.2 Å². The Labute approximate surface area is 286 Å². The molecule has 0 radical (unpaired) electrons. The second-order valence-electron chi connectivity index (χ2n) is 12.5. The van der Waals surface area contributed by atoms with Crippen LogP contribution in [0.1, 0.15) is 18.4 Å². The molecule has 8 nitrogen and oxygen atoms in total. The van der Waals surface area contributed by atoms with Gasteiger partial charge in [0, 0.05) is 22.4 Å². The topological polar surface area (TPSA) is 104 Å². The molecule has 2 aliphatic carbocycles. The summed E-state index contributed by atoms with van der Waals surface area (Å²) in [5.74, 6) is -5.73. The van der Waals surface area contributed by atoms with E-state index in [2.05, 4.69) is 15.9 Å². The molecule has 47 heavy (non-hydrogen) atoms. The summed E-state index contributed by atoms with van der Waals surface area (Å²) < 4.78 is 20.6. The monoisotopic (exact) mass is 736 g/mol. The molecule has 0 aromatic heterocycles. The van der Waals surface area contributed by atoms with E-state index < -0.39 is 57.0 Å². The molecule has 238 valence electrons. The van der Waals surface area contributed by atoms with Crippen molar-refractivity contribution in [2.24, 2.45) is 23.7 Å². The minimum Gasteiger partial charge on any atom is -0.508 e. The van der Waals surface area contributed by atoms with Crippen molar-refractivity contribution < 1.29 is 33.4 Å². The fourth-order valence-electron chi connectivity index (χ4n) is 8.05. The second kappa shape index (κ2) is 10.5. The van der Waals surface area contributed by atoms with Crippen LogP contribution in [0.5, 0.6) is 11.5 Å². The van der Waals surface area contributed by atoms with Crippen molar-refractivity contribution in [3.8, 4) is 11.5 Å². The maximum absolute atomic E-state index is 14.5. The number of carbonyl (C=O) groups is 4. The van der Waals surface area contributed by atoms with Gasteiger partial charge >= 0.3 is 0 Å². The highest BCUT2D eigenvalue weighted by atomic mass is 79.9. The maximum Gasteiger partial charge on any atom is 0.258 e. The molecule has 0 spiro atoms. The summed E-state index contributed by atoms with van der Waals surface area (Å²) in [5.41, 5.74) is 2.29. The summed E-state index contributed by atoms with van der Waals surface area (Å²) >= 11 is 18.2. The van der Waals surface area contributed by atoms with E-state index in [4.69, 9.17) is 27.9 Å². The lowest BCUT2D eigenvalue weighted by molar-refractivity contribution is -0.125. The van der Waals surface area contributed by atoms with Crippen molar-refractivity contribution >= 4 is 74.1 Å². The lowest BCUT2D eigenvalue weighted by atomic mass is 9.56. The standard InChI is InChI=1S/C35H24BrCl2FN2O6/c36-19-1-5-21(6-2-19)40-30(43)25-11-10-24-26(28(25)31(40)44)15-34(37)32(45)41(22-7-3-20(39)4-8-22)33(46)35(34,38)29(24)18-13-17-14-23(42)9-12-27(17)47-16-18/h1-10,12,14,16,25-26,28-29,42H,11,13,15H2. The molecule has 4 amide bonds. The number of anilines is 2. The molecular weight excluding hydrogens is 714 g/mol. The highest BCUT2D eigenvalue weighted by Crippen LogP contribution is 2.65. The predicted molar refractivity (Wildman–Crippen MR) is 174 cm³/mol. The molecule has 12 heteroatoms. The van der Waals surface area contributed by atoms with Crippen LogP contribution in [-0.4, -0.2) is 38.5 Å². The summed E-state index contributed by atoms with van der Waals surface area (Å²) in [6, 6.07) is 16.4. The second-order valence-corrected chi connectivity index (χ2v) is 14.7. The largest absolute Gasteiger partial charge is 0.508 e. The zero-order chi connectivity index (χ0) is 33.0. The molecule has 3 fully saturated rings. The molecule has 2 saturated heterocycles. The number of halogens is 4. The van der Waals surface area contributed by atoms with Gasteiger partial charge in [-0.05, 0) is 91.1 Å². The number of nitrogens with zero attached hydrogens (tertiary/aromatic N) is 2. The van der Waals surface area contributed by atoms with Gasteiger partial charge in [-0.25, -0.2) is 9.29 Å². The molecule has 3 aromatic carbocycles. The van der Waals surface area contributed by atoms with Crippen molar-refractivity contribution in [2.45, 2.75) is 29.0 Å². The fraction of sp³-hybridized carbons (Fsp3) is 0.257. The van der Waals surface area contributed by atoms with Gasteiger partial charge in [0.25, 0.3) is 11.8 Å². The molecule has 0 bridgehead atoms. The summed E-state index contributed by atoms with van der Waals surface area (Å²) in [4.78, 5) is 54.9. The number of amides is 4. The van der Waals surface area contributed by atoms with E-state index in [9.17, 15) is 28.7 Å². The Balaban J connectivity index is 1.28. The number of hydrogen-bond donors (Lipinski definition) is 1. The molecule has 5 aliphatic rings. The number of allylic oxidation sites excluding steroid dienone is 3. The minimum absolute atomic E-state index is 0.0137. The smallest absolute Gasteiger partial charge is 0.258 e. The summed E-state index contributed by atoms with van der Waals surface area (Å²) in [7, 11) is 0. The lowest BCUT2D eigenvalue weighted by Gasteiger charge is -2.51. The number of rotatable bonds is 3. The van der Waals surface area contributed by atoms with Crippen LogP contribution in [0.15, 0.2) is 94.7 Å². The number of aromatic hydroxyl groups is 1. The van der Waals surface area contributed by atoms with Crippen molar-refractivity contribution in [2.75, 3.05) is 9.80 Å². The fourth-order valence-corrected chi connectivity index (χ4v) is 9.27. The number of phenolic OH excluding ortho intramolecular Hbond substituents is 1. The van der Waals surface area contributed by atoms with E-state index in [1.54, 1.807) is 36.4 Å². The number of carbonyl (C=O) groups excluding carboxylic acids is 4. The van der Waals surface area contributed by atoms with Crippen LogP contribution in [0, 0.1) is 29.5 Å². The van der Waals surface area contributed by atoms with E-state index >= 15 is 0 Å². The Hall–Kier alpha value is -3.99. The van der Waals surface area contributed by atoms with Gasteiger partial charge in [0.1, 0.15) is 17.3 Å². The first-order valence-electron chi connectivity index (χ1n) is 15.0. The molecular formula is C35H24BrCl2FN2O6. The quantitative estimate of drug-likeness (QED) is 0.189. The molecule has 8 rings (SSSR count). The molecule has 6 atom stereocenters. The van der Waals surface area contributed by atoms with Crippen LogP contribution in [-0.2, 0) is 25.6 Å². The number of benzene rings is 3. The highest BCUT2D eigenvalue weighted by molar-refractivity contribution is 9.10. The normalized spacial score (nSPS) is 31.1. The highest BCUT2D eigenvalue weighted by Gasteiger charge is 2.77. The number of ether oxygens (including phenoxy) is 1.